The number of hydrogen-bond acceptors (Lipinski definition) is 12. The molecule has 0 aromatic carbocycles. The molecule has 1 fully saturated rings. The molecular formula is C16H25N5O9. The Kier molecular flexibility index (Phi) is 9.14. The SMILES string of the molecule is CC(=O)O.CC(=O)OC1COC(N(C)C2=NC(N)NC(=O)/C2=N/O)CC1OC(C)=O. The lowest BCUT2D eigenvalue weighted by molar-refractivity contribution is -0.196. The van der Waals surface area contributed by atoms with Crippen LogP contribution in [-0.2, 0) is 33.4 Å². The highest BCUT2D eigenvalue weighted by atomic mass is 16.6. The number of esters is 2. The molecule has 2 heterocycles. The average molecular weight is 431 g/mol. The largest absolute Gasteiger partial charge is 0.481 e. The van der Waals surface area contributed by atoms with Gasteiger partial charge < -0.3 is 34.7 Å². The van der Waals surface area contributed by atoms with Crippen molar-refractivity contribution in [2.45, 2.75) is 51.9 Å². The number of nitrogens with one attached hydrogen (secondary N) is 1. The molecule has 0 aliphatic carbocycles. The van der Waals surface area contributed by atoms with E-state index in [1.54, 1.807) is 7.05 Å². The molecule has 14 heteroatoms. The summed E-state index contributed by atoms with van der Waals surface area (Å²) in [5, 5.41) is 21.8. The number of oxime groups is 1. The van der Waals surface area contributed by atoms with Gasteiger partial charge in [0, 0.05) is 34.2 Å². The topological polar surface area (TPSA) is 202 Å². The number of carbonyl (C=O) groups excluding carboxylic acids is 3. The van der Waals surface area contributed by atoms with E-state index >= 15 is 0 Å². The standard InChI is InChI=1S/C14H21N5O7.C2H4O2/c1-6(20)25-8-4-10(24-5-9(8)26-7(2)21)19(3)12-11(18-23)13(22)17-14(15)16-12;1-2(3)4/h8-10,14,23H,4-5,15H2,1-3H3,(H,17,22);1H3,(H,3,4)/b18-11+;. The van der Waals surface area contributed by atoms with Gasteiger partial charge in [0.05, 0.1) is 6.61 Å². The summed E-state index contributed by atoms with van der Waals surface area (Å²) in [4.78, 5) is 48.9. The molecule has 1 saturated heterocycles. The van der Waals surface area contributed by atoms with Crippen LogP contribution in [0, 0.1) is 0 Å². The molecule has 5 N–H and O–H groups in total. The number of ether oxygens (including phenoxy) is 3. The van der Waals surface area contributed by atoms with E-state index in [9.17, 15) is 14.4 Å². The van der Waals surface area contributed by atoms with E-state index in [1.807, 2.05) is 0 Å². The maximum absolute atomic E-state index is 11.9. The van der Waals surface area contributed by atoms with Gasteiger partial charge in [-0.3, -0.25) is 24.9 Å². The van der Waals surface area contributed by atoms with Crippen molar-refractivity contribution < 1.29 is 43.7 Å². The molecule has 4 atom stereocenters. The Bertz CT molecular complexity index is 735. The van der Waals surface area contributed by atoms with Crippen LogP contribution in [0.2, 0.25) is 0 Å². The van der Waals surface area contributed by atoms with Crippen molar-refractivity contribution in [1.29, 1.82) is 0 Å². The number of rotatable bonds is 3. The number of carboxylic acid groups (broad SMARTS) is 1. The van der Waals surface area contributed by atoms with Crippen molar-refractivity contribution in [3.8, 4) is 0 Å². The lowest BCUT2D eigenvalue weighted by Gasteiger charge is -2.40. The molecule has 30 heavy (non-hydrogen) atoms. The monoisotopic (exact) mass is 431 g/mol. The Hall–Kier alpha value is -3.26. The maximum atomic E-state index is 11.9. The highest BCUT2D eigenvalue weighted by molar-refractivity contribution is 6.66. The van der Waals surface area contributed by atoms with Crippen LogP contribution in [-0.4, -0.2) is 89.0 Å². The van der Waals surface area contributed by atoms with E-state index < -0.39 is 48.5 Å². The fourth-order valence-corrected chi connectivity index (χ4v) is 2.68. The van der Waals surface area contributed by atoms with Crippen LogP contribution in [0.4, 0.5) is 0 Å². The van der Waals surface area contributed by atoms with Gasteiger partial charge >= 0.3 is 11.9 Å². The molecule has 1 amide bonds. The van der Waals surface area contributed by atoms with Gasteiger partial charge in [-0.05, 0) is 0 Å². The number of aliphatic carboxylic acids is 1. The Morgan fingerprint density at radius 2 is 1.77 bits per heavy atom. The first-order valence-electron chi connectivity index (χ1n) is 8.71. The molecule has 0 saturated carbocycles. The van der Waals surface area contributed by atoms with Crippen molar-refractivity contribution in [1.82, 2.24) is 10.2 Å². The van der Waals surface area contributed by atoms with E-state index in [0.717, 1.165) is 6.92 Å². The van der Waals surface area contributed by atoms with Crippen LogP contribution in [0.3, 0.4) is 0 Å². The third-order valence-electron chi connectivity index (χ3n) is 3.77. The normalized spacial score (nSPS) is 27.0. The summed E-state index contributed by atoms with van der Waals surface area (Å²) < 4.78 is 16.0. The summed E-state index contributed by atoms with van der Waals surface area (Å²) in [6.07, 6.45) is -3.08. The zero-order chi connectivity index (χ0) is 23.0. The number of carbonyl (C=O) groups is 4. The molecule has 168 valence electrons. The molecule has 0 aromatic rings. The van der Waals surface area contributed by atoms with Gasteiger partial charge in [-0.2, -0.15) is 0 Å². The Morgan fingerprint density at radius 1 is 1.23 bits per heavy atom. The molecule has 14 nitrogen and oxygen atoms in total. The smallest absolute Gasteiger partial charge is 0.303 e. The van der Waals surface area contributed by atoms with Crippen molar-refractivity contribution in [3.05, 3.63) is 0 Å². The molecule has 0 bridgehead atoms. The number of nitrogens with two attached hydrogens (primary N) is 1. The van der Waals surface area contributed by atoms with Crippen molar-refractivity contribution >= 4 is 35.4 Å². The van der Waals surface area contributed by atoms with Gasteiger partial charge in [-0.25, -0.2) is 4.99 Å². The van der Waals surface area contributed by atoms with Crippen LogP contribution in [0.5, 0.6) is 0 Å². The second-order valence-corrected chi connectivity index (χ2v) is 6.27. The minimum atomic E-state index is -1.01. The van der Waals surface area contributed by atoms with Crippen molar-refractivity contribution in [2.24, 2.45) is 15.9 Å². The Morgan fingerprint density at radius 3 is 2.27 bits per heavy atom. The zero-order valence-corrected chi connectivity index (χ0v) is 16.9. The minimum Gasteiger partial charge on any atom is -0.481 e. The highest BCUT2D eigenvalue weighted by Crippen LogP contribution is 2.23. The molecule has 4 unspecified atom stereocenters. The number of amides is 1. The molecule has 2 aliphatic rings. The Labute approximate surface area is 171 Å². The fraction of sp³-hybridized carbons (Fsp3) is 0.625. The van der Waals surface area contributed by atoms with E-state index in [4.69, 9.17) is 35.1 Å². The summed E-state index contributed by atoms with van der Waals surface area (Å²) >= 11 is 0. The summed E-state index contributed by atoms with van der Waals surface area (Å²) in [5.41, 5.74) is 5.29. The van der Waals surface area contributed by atoms with Gasteiger partial charge in [0.15, 0.2) is 18.2 Å². The van der Waals surface area contributed by atoms with E-state index in [0.29, 0.717) is 0 Å². The molecule has 2 aliphatic heterocycles. The van der Waals surface area contributed by atoms with E-state index in [1.165, 1.54) is 18.7 Å². The van der Waals surface area contributed by atoms with Gasteiger partial charge in [-0.15, -0.1) is 0 Å². The number of nitrogens with zero attached hydrogens (tertiary/aromatic N) is 3. The molecular weight excluding hydrogens is 406 g/mol. The highest BCUT2D eigenvalue weighted by Gasteiger charge is 2.40. The first-order chi connectivity index (χ1) is 14.0. The van der Waals surface area contributed by atoms with Crippen LogP contribution in [0.1, 0.15) is 27.2 Å². The Balaban J connectivity index is 0.00000103. The van der Waals surface area contributed by atoms with Crippen molar-refractivity contribution in [2.75, 3.05) is 13.7 Å². The third kappa shape index (κ3) is 7.29. The third-order valence-corrected chi connectivity index (χ3v) is 3.77. The van der Waals surface area contributed by atoms with Crippen LogP contribution in [0.25, 0.3) is 0 Å². The quantitative estimate of drug-likeness (QED) is 0.223. The fourth-order valence-electron chi connectivity index (χ4n) is 2.68. The summed E-state index contributed by atoms with van der Waals surface area (Å²) in [6.45, 7) is 3.53. The lowest BCUT2D eigenvalue weighted by atomic mass is 10.1. The molecule has 2 rings (SSSR count). The van der Waals surface area contributed by atoms with Gasteiger partial charge in [0.2, 0.25) is 5.71 Å². The van der Waals surface area contributed by atoms with Crippen molar-refractivity contribution in [3.63, 3.8) is 0 Å². The van der Waals surface area contributed by atoms with Gasteiger partial charge in [0.25, 0.3) is 11.9 Å². The number of aliphatic imine (C=N–C) groups is 1. The first kappa shape index (κ1) is 24.8. The summed E-state index contributed by atoms with van der Waals surface area (Å²) in [5.74, 6) is -2.58. The summed E-state index contributed by atoms with van der Waals surface area (Å²) in [7, 11) is 1.55. The second-order valence-electron chi connectivity index (χ2n) is 6.27. The maximum Gasteiger partial charge on any atom is 0.303 e. The first-order valence-corrected chi connectivity index (χ1v) is 8.71. The molecule has 0 spiro atoms. The number of amidine groups is 1. The zero-order valence-electron chi connectivity index (χ0n) is 16.9. The predicted molar refractivity (Wildman–Crippen MR) is 99.3 cm³/mol. The summed E-state index contributed by atoms with van der Waals surface area (Å²) in [6, 6.07) is 0. The van der Waals surface area contributed by atoms with Gasteiger partial charge in [0.1, 0.15) is 12.3 Å². The molecule has 0 aromatic heterocycles. The van der Waals surface area contributed by atoms with Crippen LogP contribution in [0.15, 0.2) is 10.1 Å². The van der Waals surface area contributed by atoms with Gasteiger partial charge in [-0.1, -0.05) is 5.16 Å². The van der Waals surface area contributed by atoms with E-state index in [-0.39, 0.29) is 24.6 Å². The predicted octanol–water partition coefficient (Wildman–Crippen LogP) is -1.78. The average Bonchev–Trinajstić information content (AvgIpc) is 2.60. The lowest BCUT2D eigenvalue weighted by Crippen LogP contribution is -2.58. The minimum absolute atomic E-state index is 0.0151. The number of hydrogen-bond donors (Lipinski definition) is 4. The van der Waals surface area contributed by atoms with E-state index in [2.05, 4.69) is 15.5 Å². The van der Waals surface area contributed by atoms with Crippen LogP contribution < -0.4 is 11.1 Å². The van der Waals surface area contributed by atoms with Crippen LogP contribution >= 0.6 is 0 Å². The second kappa shape index (κ2) is 11.1. The molecule has 0 radical (unpaired) electrons. The number of carboxylic acids is 1.